The molecule has 0 bridgehead atoms. The number of nitrogens with one attached hydrogen (secondary N) is 1. The van der Waals surface area contributed by atoms with Crippen LogP contribution in [-0.4, -0.2) is 14.5 Å². The topological polar surface area (TPSA) is 72.2 Å². The molecule has 6 heteroatoms. The number of halogens is 1. The minimum atomic E-state index is -3.52. The van der Waals surface area contributed by atoms with Crippen molar-refractivity contribution in [3.05, 3.63) is 28.2 Å². The molecule has 21 heavy (non-hydrogen) atoms. The average molecular weight is 375 g/mol. The fraction of sp³-hybridized carbons (Fsp3) is 0.600. The molecular formula is C15H23BrN2O2S. The molecule has 1 saturated carbocycles. The summed E-state index contributed by atoms with van der Waals surface area (Å²) in [5.41, 5.74) is 6.41. The lowest BCUT2D eigenvalue weighted by Gasteiger charge is -2.28. The zero-order valence-corrected chi connectivity index (χ0v) is 14.7. The average Bonchev–Trinajstić information content (AvgIpc) is 2.48. The number of hydrogen-bond acceptors (Lipinski definition) is 3. The fourth-order valence-corrected chi connectivity index (χ4v) is 5.25. The molecule has 0 aliphatic heterocycles. The van der Waals surface area contributed by atoms with E-state index in [9.17, 15) is 8.42 Å². The highest BCUT2D eigenvalue weighted by Gasteiger charge is 2.26. The zero-order chi connectivity index (χ0) is 15.5. The Morgan fingerprint density at radius 3 is 2.62 bits per heavy atom. The van der Waals surface area contributed by atoms with Gasteiger partial charge in [-0.3, -0.25) is 0 Å². The van der Waals surface area contributed by atoms with Crippen LogP contribution in [0.1, 0.15) is 44.6 Å². The van der Waals surface area contributed by atoms with Gasteiger partial charge in [-0.15, -0.1) is 0 Å². The van der Waals surface area contributed by atoms with Gasteiger partial charge < -0.3 is 5.73 Å². The van der Waals surface area contributed by atoms with Gasteiger partial charge in [0.2, 0.25) is 10.0 Å². The summed E-state index contributed by atoms with van der Waals surface area (Å²) in [4.78, 5) is 0.271. The van der Waals surface area contributed by atoms with E-state index < -0.39 is 10.0 Å². The molecule has 3 N–H and O–H groups in total. The summed E-state index contributed by atoms with van der Waals surface area (Å²) in [6, 6.07) is 5.17. The lowest BCUT2D eigenvalue weighted by atomic mass is 9.85. The first-order valence-electron chi connectivity index (χ1n) is 7.45. The third-order valence-electron chi connectivity index (χ3n) is 4.22. The van der Waals surface area contributed by atoms with Gasteiger partial charge in [0.1, 0.15) is 0 Å². The summed E-state index contributed by atoms with van der Waals surface area (Å²) in [7, 11) is -3.52. The van der Waals surface area contributed by atoms with Crippen LogP contribution in [0.5, 0.6) is 0 Å². The Morgan fingerprint density at radius 2 is 2.00 bits per heavy atom. The van der Waals surface area contributed by atoms with Gasteiger partial charge in [-0.05, 0) is 59.3 Å². The lowest BCUT2D eigenvalue weighted by molar-refractivity contribution is 0.303. The first-order chi connectivity index (χ1) is 9.94. The number of sulfonamides is 1. The predicted octanol–water partition coefficient (Wildman–Crippen LogP) is 3.15. The van der Waals surface area contributed by atoms with Crippen LogP contribution in [0.15, 0.2) is 27.6 Å². The van der Waals surface area contributed by atoms with E-state index in [0.29, 0.717) is 16.9 Å². The molecule has 0 saturated heterocycles. The highest BCUT2D eigenvalue weighted by molar-refractivity contribution is 9.10. The minimum absolute atomic E-state index is 0.0382. The summed E-state index contributed by atoms with van der Waals surface area (Å²) in [6.45, 7) is 2.29. The Kier molecular flexibility index (Phi) is 5.82. The van der Waals surface area contributed by atoms with Crippen LogP contribution in [0, 0.1) is 5.92 Å². The lowest BCUT2D eigenvalue weighted by Crippen LogP contribution is -2.39. The molecule has 1 aliphatic carbocycles. The Labute approximate surface area is 135 Å². The van der Waals surface area contributed by atoms with Gasteiger partial charge in [-0.25, -0.2) is 13.1 Å². The van der Waals surface area contributed by atoms with Gasteiger partial charge >= 0.3 is 0 Å². The van der Waals surface area contributed by atoms with Gasteiger partial charge in [0.25, 0.3) is 0 Å². The first-order valence-corrected chi connectivity index (χ1v) is 9.72. The second-order valence-electron chi connectivity index (χ2n) is 5.78. The Bertz CT molecular complexity index is 583. The van der Waals surface area contributed by atoms with Crippen molar-refractivity contribution in [2.45, 2.75) is 56.5 Å². The van der Waals surface area contributed by atoms with Crippen molar-refractivity contribution in [2.75, 3.05) is 0 Å². The van der Waals surface area contributed by atoms with E-state index in [4.69, 9.17) is 5.73 Å². The van der Waals surface area contributed by atoms with E-state index in [1.807, 2.05) is 13.0 Å². The summed E-state index contributed by atoms with van der Waals surface area (Å²) >= 11 is 3.32. The molecule has 0 amide bonds. The summed E-state index contributed by atoms with van der Waals surface area (Å²) in [6.07, 6.45) is 5.87. The highest BCUT2D eigenvalue weighted by atomic mass is 79.9. The van der Waals surface area contributed by atoms with E-state index in [-0.39, 0.29) is 10.9 Å². The molecule has 1 atom stereocenters. The zero-order valence-electron chi connectivity index (χ0n) is 12.3. The van der Waals surface area contributed by atoms with Crippen molar-refractivity contribution in [1.82, 2.24) is 4.72 Å². The molecule has 0 spiro atoms. The van der Waals surface area contributed by atoms with Crippen LogP contribution >= 0.6 is 15.9 Å². The first kappa shape index (κ1) is 16.9. The van der Waals surface area contributed by atoms with Crippen molar-refractivity contribution >= 4 is 26.0 Å². The second kappa shape index (κ2) is 7.22. The third kappa shape index (κ3) is 4.28. The van der Waals surface area contributed by atoms with Gasteiger partial charge in [0, 0.05) is 17.1 Å². The van der Waals surface area contributed by atoms with E-state index in [1.165, 1.54) is 19.3 Å². The molecular weight excluding hydrogens is 352 g/mol. The molecule has 0 aromatic heterocycles. The molecule has 0 radical (unpaired) electrons. The molecule has 118 valence electrons. The van der Waals surface area contributed by atoms with E-state index >= 15 is 0 Å². The van der Waals surface area contributed by atoms with Crippen LogP contribution in [0.4, 0.5) is 0 Å². The summed E-state index contributed by atoms with van der Waals surface area (Å²) < 4.78 is 28.6. The quantitative estimate of drug-likeness (QED) is 0.831. The predicted molar refractivity (Wildman–Crippen MR) is 88.4 cm³/mol. The number of hydrogen-bond donors (Lipinski definition) is 2. The maximum absolute atomic E-state index is 12.6. The monoisotopic (exact) mass is 374 g/mol. The van der Waals surface area contributed by atoms with Crippen LogP contribution in [0.3, 0.4) is 0 Å². The third-order valence-corrected chi connectivity index (χ3v) is 6.77. The molecule has 1 aromatic rings. The van der Waals surface area contributed by atoms with Gasteiger partial charge in [0.15, 0.2) is 0 Å². The number of benzene rings is 1. The van der Waals surface area contributed by atoms with E-state index in [1.54, 1.807) is 12.1 Å². The molecule has 1 aliphatic rings. The normalized spacial score (nSPS) is 18.6. The Balaban J connectivity index is 2.17. The van der Waals surface area contributed by atoms with Crippen molar-refractivity contribution < 1.29 is 8.42 Å². The van der Waals surface area contributed by atoms with Crippen molar-refractivity contribution in [3.8, 4) is 0 Å². The molecule has 2 rings (SSSR count). The van der Waals surface area contributed by atoms with E-state index in [0.717, 1.165) is 18.4 Å². The Hall–Kier alpha value is -0.430. The van der Waals surface area contributed by atoms with Crippen LogP contribution in [0.25, 0.3) is 0 Å². The van der Waals surface area contributed by atoms with Crippen molar-refractivity contribution in [3.63, 3.8) is 0 Å². The van der Waals surface area contributed by atoms with Crippen molar-refractivity contribution in [2.24, 2.45) is 11.7 Å². The standard InChI is InChI=1S/C15H23BrN2O2S/c1-11(13-5-3-2-4-6-13)18-21(19,20)15-9-12(10-17)7-8-14(15)16/h7-9,11,13,18H,2-6,10,17H2,1H3. The maximum atomic E-state index is 12.6. The van der Waals surface area contributed by atoms with Gasteiger partial charge in [-0.1, -0.05) is 25.3 Å². The van der Waals surface area contributed by atoms with Gasteiger partial charge in [0.05, 0.1) is 4.90 Å². The van der Waals surface area contributed by atoms with Crippen LogP contribution < -0.4 is 10.5 Å². The molecule has 1 aromatic carbocycles. The van der Waals surface area contributed by atoms with Gasteiger partial charge in [-0.2, -0.15) is 0 Å². The summed E-state index contributed by atoms with van der Waals surface area (Å²) in [5.74, 6) is 0.435. The van der Waals surface area contributed by atoms with E-state index in [2.05, 4.69) is 20.7 Å². The minimum Gasteiger partial charge on any atom is -0.326 e. The molecule has 4 nitrogen and oxygen atoms in total. The van der Waals surface area contributed by atoms with Crippen molar-refractivity contribution in [1.29, 1.82) is 0 Å². The van der Waals surface area contributed by atoms with Crippen LogP contribution in [0.2, 0.25) is 0 Å². The maximum Gasteiger partial charge on any atom is 0.241 e. The van der Waals surface area contributed by atoms with Crippen LogP contribution in [-0.2, 0) is 16.6 Å². The smallest absolute Gasteiger partial charge is 0.241 e. The molecule has 0 heterocycles. The second-order valence-corrected chi connectivity index (χ2v) is 8.31. The SMILES string of the molecule is CC(NS(=O)(=O)c1cc(CN)ccc1Br)C1CCCCC1. The molecule has 1 unspecified atom stereocenters. The highest BCUT2D eigenvalue weighted by Crippen LogP contribution is 2.28. The number of rotatable bonds is 5. The molecule has 1 fully saturated rings. The fourth-order valence-electron chi connectivity index (χ4n) is 2.92. The Morgan fingerprint density at radius 1 is 1.33 bits per heavy atom. The summed E-state index contributed by atoms with van der Waals surface area (Å²) in [5, 5.41) is 0. The largest absolute Gasteiger partial charge is 0.326 e. The number of nitrogens with two attached hydrogens (primary N) is 1.